The van der Waals surface area contributed by atoms with Crippen molar-refractivity contribution in [3.05, 3.63) is 35.4 Å². The molecular weight excluding hydrogens is 192 g/mol. The lowest BCUT2D eigenvalue weighted by Gasteiger charge is -2.10. The molecule has 0 aliphatic heterocycles. The van der Waals surface area contributed by atoms with Gasteiger partial charge in [0.15, 0.2) is 0 Å². The molecule has 1 atom stereocenters. The van der Waals surface area contributed by atoms with Gasteiger partial charge in [0, 0.05) is 18.2 Å². The van der Waals surface area contributed by atoms with Crippen molar-refractivity contribution in [2.45, 2.75) is 19.5 Å². The van der Waals surface area contributed by atoms with Crippen molar-refractivity contribution in [1.29, 1.82) is 0 Å². The molecule has 0 aromatic heterocycles. The van der Waals surface area contributed by atoms with Gasteiger partial charge in [-0.05, 0) is 24.6 Å². The van der Waals surface area contributed by atoms with Crippen LogP contribution in [0.4, 0.5) is 0 Å². The third-order valence-electron chi connectivity index (χ3n) is 2.10. The molecule has 15 heavy (non-hydrogen) atoms. The van der Waals surface area contributed by atoms with Gasteiger partial charge < -0.3 is 16.2 Å². The second-order valence-corrected chi connectivity index (χ2v) is 3.46. The fourth-order valence-electron chi connectivity index (χ4n) is 1.14. The maximum Gasteiger partial charge on any atom is 0.251 e. The van der Waals surface area contributed by atoms with Crippen LogP contribution in [0.1, 0.15) is 22.8 Å². The third kappa shape index (κ3) is 3.34. The van der Waals surface area contributed by atoms with Gasteiger partial charge in [0.2, 0.25) is 0 Å². The second kappa shape index (κ2) is 5.48. The van der Waals surface area contributed by atoms with E-state index in [1.54, 1.807) is 19.1 Å². The first-order valence-electron chi connectivity index (χ1n) is 4.88. The number of rotatable bonds is 4. The summed E-state index contributed by atoms with van der Waals surface area (Å²) in [5.41, 5.74) is 7.01. The van der Waals surface area contributed by atoms with Crippen molar-refractivity contribution in [3.8, 4) is 0 Å². The highest BCUT2D eigenvalue weighted by atomic mass is 16.3. The number of nitrogens with one attached hydrogen (secondary N) is 1. The second-order valence-electron chi connectivity index (χ2n) is 3.46. The molecule has 0 bridgehead atoms. The number of amides is 1. The van der Waals surface area contributed by atoms with Gasteiger partial charge in [-0.15, -0.1) is 0 Å². The summed E-state index contributed by atoms with van der Waals surface area (Å²) < 4.78 is 0. The van der Waals surface area contributed by atoms with Gasteiger partial charge in [-0.3, -0.25) is 4.79 Å². The molecule has 4 nitrogen and oxygen atoms in total. The molecule has 0 fully saturated rings. The first kappa shape index (κ1) is 11.7. The minimum absolute atomic E-state index is 0.0629. The van der Waals surface area contributed by atoms with E-state index >= 15 is 0 Å². The van der Waals surface area contributed by atoms with Crippen LogP contribution in [0, 0.1) is 0 Å². The van der Waals surface area contributed by atoms with Crippen molar-refractivity contribution >= 4 is 5.91 Å². The fraction of sp³-hybridized carbons (Fsp3) is 0.364. The summed E-state index contributed by atoms with van der Waals surface area (Å²) in [4.78, 5) is 11.6. The summed E-state index contributed by atoms with van der Waals surface area (Å²) in [6, 6.07) is 6.85. The molecule has 0 saturated carbocycles. The summed E-state index contributed by atoms with van der Waals surface area (Å²) >= 11 is 0. The van der Waals surface area contributed by atoms with Crippen molar-refractivity contribution in [1.82, 2.24) is 5.32 Å². The number of aliphatic hydroxyl groups is 1. The summed E-state index contributed by atoms with van der Waals surface area (Å²) in [6.45, 7) is 2.15. The van der Waals surface area contributed by atoms with E-state index in [9.17, 15) is 4.79 Å². The van der Waals surface area contributed by atoms with Crippen molar-refractivity contribution in [2.75, 3.05) is 6.61 Å². The molecule has 0 radical (unpaired) electrons. The Morgan fingerprint density at radius 1 is 1.47 bits per heavy atom. The molecular formula is C11H16N2O2. The van der Waals surface area contributed by atoms with E-state index in [-0.39, 0.29) is 18.6 Å². The molecule has 0 unspecified atom stereocenters. The van der Waals surface area contributed by atoms with Gasteiger partial charge >= 0.3 is 0 Å². The Hall–Kier alpha value is -1.39. The Labute approximate surface area is 89.1 Å². The van der Waals surface area contributed by atoms with E-state index in [0.29, 0.717) is 12.1 Å². The lowest BCUT2D eigenvalue weighted by Crippen LogP contribution is -2.34. The van der Waals surface area contributed by atoms with E-state index < -0.39 is 0 Å². The summed E-state index contributed by atoms with van der Waals surface area (Å²) in [5.74, 6) is -0.180. The van der Waals surface area contributed by atoms with Crippen LogP contribution >= 0.6 is 0 Å². The van der Waals surface area contributed by atoms with E-state index in [1.165, 1.54) is 0 Å². The van der Waals surface area contributed by atoms with Crippen molar-refractivity contribution in [3.63, 3.8) is 0 Å². The maximum absolute atomic E-state index is 11.6. The highest BCUT2D eigenvalue weighted by Gasteiger charge is 2.08. The third-order valence-corrected chi connectivity index (χ3v) is 2.10. The van der Waals surface area contributed by atoms with Crippen LogP contribution in [0.3, 0.4) is 0 Å². The first-order chi connectivity index (χ1) is 7.17. The minimum Gasteiger partial charge on any atom is -0.394 e. The number of hydrogen-bond acceptors (Lipinski definition) is 3. The molecule has 0 aliphatic carbocycles. The number of carbonyl (C=O) groups excluding carboxylic acids is 1. The van der Waals surface area contributed by atoms with Gasteiger partial charge in [0.05, 0.1) is 6.61 Å². The summed E-state index contributed by atoms with van der Waals surface area (Å²) in [7, 11) is 0. The van der Waals surface area contributed by atoms with Gasteiger partial charge in [0.25, 0.3) is 5.91 Å². The van der Waals surface area contributed by atoms with Gasteiger partial charge in [-0.25, -0.2) is 0 Å². The summed E-state index contributed by atoms with van der Waals surface area (Å²) in [6.07, 6.45) is 0. The molecule has 82 valence electrons. The smallest absolute Gasteiger partial charge is 0.251 e. The predicted molar refractivity (Wildman–Crippen MR) is 58.3 cm³/mol. The number of hydrogen-bond donors (Lipinski definition) is 3. The zero-order valence-corrected chi connectivity index (χ0v) is 8.73. The van der Waals surface area contributed by atoms with Crippen LogP contribution in [-0.4, -0.2) is 23.7 Å². The molecule has 1 aromatic rings. The molecule has 1 aromatic carbocycles. The minimum atomic E-state index is -0.230. The Balaban J connectivity index is 2.66. The van der Waals surface area contributed by atoms with Crippen molar-refractivity contribution in [2.24, 2.45) is 5.73 Å². The topological polar surface area (TPSA) is 75.3 Å². The maximum atomic E-state index is 11.6. The molecule has 0 heterocycles. The highest BCUT2D eigenvalue weighted by Crippen LogP contribution is 2.03. The number of benzene rings is 1. The van der Waals surface area contributed by atoms with Gasteiger partial charge in [-0.1, -0.05) is 12.1 Å². The molecule has 4 heteroatoms. The Kier molecular flexibility index (Phi) is 4.27. The predicted octanol–water partition coefficient (Wildman–Crippen LogP) is 0.256. The standard InChI is InChI=1S/C11H16N2O2/c1-8(7-14)13-11(15)10-4-2-9(6-12)3-5-10/h2-5,8,14H,6-7,12H2,1H3,(H,13,15)/t8-/m1/s1. The lowest BCUT2D eigenvalue weighted by atomic mass is 10.1. The largest absolute Gasteiger partial charge is 0.394 e. The van der Waals surface area contributed by atoms with Crippen molar-refractivity contribution < 1.29 is 9.90 Å². The SMILES string of the molecule is C[C@H](CO)NC(=O)c1ccc(CN)cc1. The Morgan fingerprint density at radius 2 is 2.07 bits per heavy atom. The number of carbonyl (C=O) groups is 1. The first-order valence-corrected chi connectivity index (χ1v) is 4.88. The zero-order chi connectivity index (χ0) is 11.3. The van der Waals surface area contributed by atoms with E-state index in [0.717, 1.165) is 5.56 Å². The van der Waals surface area contributed by atoms with E-state index in [1.807, 2.05) is 12.1 Å². The van der Waals surface area contributed by atoms with Crippen LogP contribution in [0.5, 0.6) is 0 Å². The molecule has 0 spiro atoms. The Morgan fingerprint density at radius 3 is 2.53 bits per heavy atom. The van der Waals surface area contributed by atoms with Crippen LogP contribution in [0.15, 0.2) is 24.3 Å². The molecule has 1 amide bonds. The van der Waals surface area contributed by atoms with Crippen LogP contribution in [-0.2, 0) is 6.54 Å². The monoisotopic (exact) mass is 208 g/mol. The average Bonchev–Trinajstić information content (AvgIpc) is 2.29. The quantitative estimate of drug-likeness (QED) is 0.664. The van der Waals surface area contributed by atoms with Crippen LogP contribution < -0.4 is 11.1 Å². The van der Waals surface area contributed by atoms with Crippen LogP contribution in [0.25, 0.3) is 0 Å². The van der Waals surface area contributed by atoms with E-state index in [4.69, 9.17) is 10.8 Å². The average molecular weight is 208 g/mol. The zero-order valence-electron chi connectivity index (χ0n) is 8.73. The van der Waals surface area contributed by atoms with Gasteiger partial charge in [-0.2, -0.15) is 0 Å². The molecule has 1 rings (SSSR count). The van der Waals surface area contributed by atoms with E-state index in [2.05, 4.69) is 5.32 Å². The molecule has 0 saturated heterocycles. The lowest BCUT2D eigenvalue weighted by molar-refractivity contribution is 0.0922. The Bertz CT molecular complexity index is 322. The number of nitrogens with two attached hydrogens (primary N) is 1. The van der Waals surface area contributed by atoms with Crippen LogP contribution in [0.2, 0.25) is 0 Å². The fourth-order valence-corrected chi connectivity index (χ4v) is 1.14. The normalized spacial score (nSPS) is 12.2. The number of aliphatic hydroxyl groups excluding tert-OH is 1. The summed E-state index contributed by atoms with van der Waals surface area (Å²) in [5, 5.41) is 11.4. The molecule has 0 aliphatic rings. The highest BCUT2D eigenvalue weighted by molar-refractivity contribution is 5.94. The molecule has 4 N–H and O–H groups in total. The van der Waals surface area contributed by atoms with Gasteiger partial charge in [0.1, 0.15) is 0 Å².